The first-order valence-electron chi connectivity index (χ1n) is 10.7. The Kier molecular flexibility index (Phi) is 5.93. The van der Waals surface area contributed by atoms with E-state index in [1.807, 2.05) is 16.7 Å². The Balaban J connectivity index is 1.44. The maximum atomic E-state index is 13.5. The van der Waals surface area contributed by atoms with Gasteiger partial charge in [0.2, 0.25) is 10.0 Å². The van der Waals surface area contributed by atoms with Crippen molar-refractivity contribution >= 4 is 39.1 Å². The number of sulfonamides is 1. The highest BCUT2D eigenvalue weighted by Gasteiger charge is 2.32. The zero-order valence-corrected chi connectivity index (χ0v) is 19.5. The molecule has 10 heteroatoms. The Labute approximate surface area is 200 Å². The van der Waals surface area contributed by atoms with Gasteiger partial charge in [-0.15, -0.1) is 0 Å². The van der Waals surface area contributed by atoms with E-state index in [9.17, 15) is 17.6 Å². The summed E-state index contributed by atoms with van der Waals surface area (Å²) in [4.78, 5) is 20.3. The monoisotopic (exact) mass is 498 g/mol. The first kappa shape index (κ1) is 22.6. The van der Waals surface area contributed by atoms with Gasteiger partial charge < -0.3 is 4.57 Å². The molecule has 0 saturated carbocycles. The average Bonchev–Trinajstić information content (AvgIpc) is 3.24. The number of piperidine rings is 1. The molecule has 1 aliphatic heterocycles. The standard InChI is InChI=1S/C24H20ClFN4O3S/c25-21-14-20(8-5-17(21)15-31)34(32,33)29-12-9-19(10-13-29)30-23(16-3-6-18(26)7-4-16)28-22-2-1-11-27-24(22)30/h1-8,11,14-15,19H,9-10,12-13H2. The van der Waals surface area contributed by atoms with Crippen molar-refractivity contribution in [3.63, 3.8) is 0 Å². The van der Waals surface area contributed by atoms with Crippen LogP contribution < -0.4 is 0 Å². The van der Waals surface area contributed by atoms with Crippen molar-refractivity contribution in [2.75, 3.05) is 13.1 Å². The predicted molar refractivity (Wildman–Crippen MR) is 127 cm³/mol. The molecule has 0 aliphatic carbocycles. The zero-order chi connectivity index (χ0) is 23.9. The number of aldehydes is 1. The molecule has 7 nitrogen and oxygen atoms in total. The third kappa shape index (κ3) is 4.00. The van der Waals surface area contributed by atoms with E-state index in [1.54, 1.807) is 18.3 Å². The van der Waals surface area contributed by atoms with Crippen LogP contribution in [0.2, 0.25) is 5.02 Å². The second kappa shape index (κ2) is 8.90. The number of carbonyl (C=O) groups excluding carboxylic acids is 1. The lowest BCUT2D eigenvalue weighted by Gasteiger charge is -2.32. The van der Waals surface area contributed by atoms with Crippen LogP contribution in [0.1, 0.15) is 29.2 Å². The van der Waals surface area contributed by atoms with E-state index in [-0.39, 0.29) is 27.3 Å². The van der Waals surface area contributed by atoms with E-state index in [4.69, 9.17) is 16.6 Å². The Morgan fingerprint density at radius 3 is 2.47 bits per heavy atom. The molecule has 1 fully saturated rings. The summed E-state index contributed by atoms with van der Waals surface area (Å²) < 4.78 is 43.3. The highest BCUT2D eigenvalue weighted by molar-refractivity contribution is 7.89. The van der Waals surface area contributed by atoms with E-state index in [0.717, 1.165) is 11.1 Å². The summed E-state index contributed by atoms with van der Waals surface area (Å²) in [6.07, 6.45) is 3.39. The van der Waals surface area contributed by atoms with Crippen molar-refractivity contribution in [3.8, 4) is 11.4 Å². The fraction of sp³-hybridized carbons (Fsp3) is 0.208. The van der Waals surface area contributed by atoms with Gasteiger partial charge in [0.15, 0.2) is 11.9 Å². The van der Waals surface area contributed by atoms with Gasteiger partial charge in [-0.1, -0.05) is 11.6 Å². The molecule has 1 aliphatic rings. The molecule has 0 amide bonds. The number of halogens is 2. The minimum absolute atomic E-state index is 0.0348. The molecule has 0 N–H and O–H groups in total. The molecule has 1 saturated heterocycles. The number of benzene rings is 2. The minimum atomic E-state index is -3.76. The topological polar surface area (TPSA) is 85.2 Å². The molecule has 0 unspecified atom stereocenters. The molecular weight excluding hydrogens is 479 g/mol. The molecule has 174 valence electrons. The SMILES string of the molecule is O=Cc1ccc(S(=O)(=O)N2CCC(n3c(-c4ccc(F)cc4)nc4cccnc43)CC2)cc1Cl. The molecular formula is C24H20ClFN4O3S. The first-order chi connectivity index (χ1) is 16.4. The van der Waals surface area contributed by atoms with Crippen molar-refractivity contribution in [1.82, 2.24) is 18.8 Å². The van der Waals surface area contributed by atoms with Crippen LogP contribution in [-0.4, -0.2) is 46.6 Å². The molecule has 0 spiro atoms. The first-order valence-corrected chi connectivity index (χ1v) is 12.5. The number of fused-ring (bicyclic) bond motifs is 1. The second-order valence-corrected chi connectivity index (χ2v) is 10.4. The lowest BCUT2D eigenvalue weighted by molar-refractivity contribution is 0.112. The van der Waals surface area contributed by atoms with E-state index >= 15 is 0 Å². The number of hydrogen-bond acceptors (Lipinski definition) is 5. The number of imidazole rings is 1. The van der Waals surface area contributed by atoms with Crippen molar-refractivity contribution in [3.05, 3.63) is 77.2 Å². The number of hydrogen-bond donors (Lipinski definition) is 0. The highest BCUT2D eigenvalue weighted by atomic mass is 35.5. The number of nitrogens with zero attached hydrogens (tertiary/aromatic N) is 4. The highest BCUT2D eigenvalue weighted by Crippen LogP contribution is 2.34. The third-order valence-electron chi connectivity index (χ3n) is 6.08. The predicted octanol–water partition coefficient (Wildman–Crippen LogP) is 4.73. The molecule has 0 bridgehead atoms. The number of carbonyl (C=O) groups is 1. The third-order valence-corrected chi connectivity index (χ3v) is 8.30. The molecule has 34 heavy (non-hydrogen) atoms. The van der Waals surface area contributed by atoms with Gasteiger partial charge in [-0.25, -0.2) is 22.8 Å². The quantitative estimate of drug-likeness (QED) is 0.371. The normalized spacial score (nSPS) is 15.6. The summed E-state index contributed by atoms with van der Waals surface area (Å²) in [5, 5.41) is 0.103. The van der Waals surface area contributed by atoms with E-state index in [2.05, 4.69) is 4.98 Å². The Morgan fingerprint density at radius 2 is 1.79 bits per heavy atom. The summed E-state index contributed by atoms with van der Waals surface area (Å²) in [5.41, 5.74) is 2.44. The van der Waals surface area contributed by atoms with Gasteiger partial charge in [0.05, 0.1) is 9.92 Å². The van der Waals surface area contributed by atoms with Gasteiger partial charge in [0, 0.05) is 36.5 Å². The summed E-state index contributed by atoms with van der Waals surface area (Å²) in [6, 6.07) is 13.9. The van der Waals surface area contributed by atoms with Crippen LogP contribution >= 0.6 is 11.6 Å². The molecule has 5 rings (SSSR count). The van der Waals surface area contributed by atoms with Crippen molar-refractivity contribution < 1.29 is 17.6 Å². The molecule has 2 aromatic carbocycles. The lowest BCUT2D eigenvalue weighted by Crippen LogP contribution is -2.39. The summed E-state index contributed by atoms with van der Waals surface area (Å²) in [7, 11) is -3.76. The van der Waals surface area contributed by atoms with Gasteiger partial charge in [-0.05, 0) is 67.4 Å². The largest absolute Gasteiger partial charge is 0.305 e. The number of aromatic nitrogens is 3. The van der Waals surface area contributed by atoms with Crippen molar-refractivity contribution in [1.29, 1.82) is 0 Å². The van der Waals surface area contributed by atoms with Crippen LogP contribution in [0.15, 0.2) is 65.7 Å². The van der Waals surface area contributed by atoms with E-state index in [0.29, 0.717) is 43.7 Å². The summed E-state index contributed by atoms with van der Waals surface area (Å²) >= 11 is 6.05. The zero-order valence-electron chi connectivity index (χ0n) is 17.9. The van der Waals surface area contributed by atoms with Gasteiger partial charge >= 0.3 is 0 Å². The van der Waals surface area contributed by atoms with E-state index < -0.39 is 10.0 Å². The summed E-state index contributed by atoms with van der Waals surface area (Å²) in [6.45, 7) is 0.602. The maximum absolute atomic E-state index is 13.5. The average molecular weight is 499 g/mol. The fourth-order valence-corrected chi connectivity index (χ4v) is 6.12. The number of pyridine rings is 1. The van der Waals surface area contributed by atoms with Gasteiger partial charge in [-0.3, -0.25) is 4.79 Å². The number of rotatable bonds is 5. The van der Waals surface area contributed by atoms with Crippen LogP contribution in [0.25, 0.3) is 22.6 Å². The Hall–Kier alpha value is -3.14. The molecule has 2 aromatic heterocycles. The lowest BCUT2D eigenvalue weighted by atomic mass is 10.1. The van der Waals surface area contributed by atoms with Crippen molar-refractivity contribution in [2.45, 2.75) is 23.8 Å². The Morgan fingerprint density at radius 1 is 1.06 bits per heavy atom. The molecule has 4 aromatic rings. The molecule has 0 atom stereocenters. The smallest absolute Gasteiger partial charge is 0.243 e. The fourth-order valence-electron chi connectivity index (χ4n) is 4.33. The summed E-state index contributed by atoms with van der Waals surface area (Å²) in [5.74, 6) is 0.343. The van der Waals surface area contributed by atoms with Gasteiger partial charge in [0.1, 0.15) is 17.2 Å². The van der Waals surface area contributed by atoms with Crippen molar-refractivity contribution in [2.24, 2.45) is 0 Å². The molecule has 3 heterocycles. The van der Waals surface area contributed by atoms with Crippen LogP contribution in [0.4, 0.5) is 4.39 Å². The van der Waals surface area contributed by atoms with Crippen LogP contribution in [0.3, 0.4) is 0 Å². The van der Waals surface area contributed by atoms with Gasteiger partial charge in [-0.2, -0.15) is 4.31 Å². The van der Waals surface area contributed by atoms with Crippen LogP contribution in [-0.2, 0) is 10.0 Å². The van der Waals surface area contributed by atoms with Crippen LogP contribution in [0.5, 0.6) is 0 Å². The Bertz CT molecular complexity index is 1480. The minimum Gasteiger partial charge on any atom is -0.305 e. The van der Waals surface area contributed by atoms with Gasteiger partial charge in [0.25, 0.3) is 0 Å². The van der Waals surface area contributed by atoms with Crippen LogP contribution in [0, 0.1) is 5.82 Å². The second-order valence-electron chi connectivity index (χ2n) is 8.09. The molecule has 0 radical (unpaired) electrons. The van der Waals surface area contributed by atoms with E-state index in [1.165, 1.54) is 34.6 Å². The maximum Gasteiger partial charge on any atom is 0.243 e.